The van der Waals surface area contributed by atoms with Crippen molar-refractivity contribution >= 4 is 11.6 Å². The number of benzene rings is 2. The standard InChI is InChI=1S/C21H26N2O/c1-15-12-16(2)20(17(3)13-15)22-21(24)19-10-7-11-23(19)14-18-8-5-4-6-9-18/h4-6,8-9,12-13,19H,7,10-11,14H2,1-3H3,(H,22,24)/t19-/m1/s1. The van der Waals surface area contributed by atoms with Gasteiger partial charge < -0.3 is 5.32 Å². The maximum atomic E-state index is 12.9. The maximum Gasteiger partial charge on any atom is 0.241 e. The van der Waals surface area contributed by atoms with Crippen LogP contribution in [0.15, 0.2) is 42.5 Å². The van der Waals surface area contributed by atoms with Gasteiger partial charge in [0.2, 0.25) is 5.91 Å². The fourth-order valence-electron chi connectivity index (χ4n) is 3.71. The van der Waals surface area contributed by atoms with Crippen LogP contribution >= 0.6 is 0 Å². The van der Waals surface area contributed by atoms with Gasteiger partial charge in [0, 0.05) is 12.2 Å². The summed E-state index contributed by atoms with van der Waals surface area (Å²) >= 11 is 0. The van der Waals surface area contributed by atoms with Crippen molar-refractivity contribution in [1.82, 2.24) is 4.90 Å². The molecule has 1 amide bonds. The summed E-state index contributed by atoms with van der Waals surface area (Å²) in [4.78, 5) is 15.1. The maximum absolute atomic E-state index is 12.9. The molecule has 3 heteroatoms. The third kappa shape index (κ3) is 3.68. The Hall–Kier alpha value is -2.13. The second kappa shape index (κ2) is 7.18. The van der Waals surface area contributed by atoms with Crippen molar-refractivity contribution in [2.45, 2.75) is 46.2 Å². The van der Waals surface area contributed by atoms with Crippen LogP contribution in [-0.2, 0) is 11.3 Å². The van der Waals surface area contributed by atoms with Gasteiger partial charge in [0.15, 0.2) is 0 Å². The minimum Gasteiger partial charge on any atom is -0.324 e. The number of aryl methyl sites for hydroxylation is 3. The molecule has 0 bridgehead atoms. The lowest BCUT2D eigenvalue weighted by molar-refractivity contribution is -0.120. The molecule has 3 nitrogen and oxygen atoms in total. The highest BCUT2D eigenvalue weighted by molar-refractivity contribution is 5.96. The highest BCUT2D eigenvalue weighted by atomic mass is 16.2. The number of nitrogens with one attached hydrogen (secondary N) is 1. The molecule has 0 aliphatic carbocycles. The second-order valence-corrected chi connectivity index (χ2v) is 6.88. The minimum atomic E-state index is -0.0368. The minimum absolute atomic E-state index is 0.0368. The first-order valence-corrected chi connectivity index (χ1v) is 8.71. The lowest BCUT2D eigenvalue weighted by Gasteiger charge is -2.24. The van der Waals surface area contributed by atoms with E-state index in [0.717, 1.165) is 42.7 Å². The first-order chi connectivity index (χ1) is 11.5. The Morgan fingerprint density at radius 1 is 1.12 bits per heavy atom. The third-order valence-electron chi connectivity index (χ3n) is 4.82. The van der Waals surface area contributed by atoms with Gasteiger partial charge in [0.1, 0.15) is 0 Å². The number of likely N-dealkylation sites (tertiary alicyclic amines) is 1. The Bertz CT molecular complexity index is 701. The Balaban J connectivity index is 1.72. The smallest absolute Gasteiger partial charge is 0.241 e. The topological polar surface area (TPSA) is 32.3 Å². The molecule has 1 heterocycles. The van der Waals surface area contributed by atoms with E-state index in [1.807, 2.05) is 6.07 Å². The van der Waals surface area contributed by atoms with Gasteiger partial charge in [0.25, 0.3) is 0 Å². The van der Waals surface area contributed by atoms with Gasteiger partial charge in [-0.05, 0) is 56.8 Å². The fraction of sp³-hybridized carbons (Fsp3) is 0.381. The quantitative estimate of drug-likeness (QED) is 0.914. The Morgan fingerprint density at radius 3 is 2.46 bits per heavy atom. The van der Waals surface area contributed by atoms with Crippen molar-refractivity contribution in [3.8, 4) is 0 Å². The van der Waals surface area contributed by atoms with E-state index in [0.29, 0.717) is 0 Å². The molecule has 2 aromatic carbocycles. The highest BCUT2D eigenvalue weighted by Crippen LogP contribution is 2.25. The Labute approximate surface area is 144 Å². The van der Waals surface area contributed by atoms with Crippen LogP contribution in [0.4, 0.5) is 5.69 Å². The number of hydrogen-bond donors (Lipinski definition) is 1. The zero-order valence-electron chi connectivity index (χ0n) is 14.8. The molecule has 1 atom stereocenters. The van der Waals surface area contributed by atoms with Crippen LogP contribution in [0.25, 0.3) is 0 Å². The summed E-state index contributed by atoms with van der Waals surface area (Å²) in [6.45, 7) is 8.03. The number of nitrogens with zero attached hydrogens (tertiary/aromatic N) is 1. The van der Waals surface area contributed by atoms with E-state index in [9.17, 15) is 4.79 Å². The molecule has 1 saturated heterocycles. The number of carbonyl (C=O) groups excluding carboxylic acids is 1. The molecule has 1 fully saturated rings. The lowest BCUT2D eigenvalue weighted by atomic mass is 10.0. The van der Waals surface area contributed by atoms with Crippen LogP contribution in [0.5, 0.6) is 0 Å². The summed E-state index contributed by atoms with van der Waals surface area (Å²) in [6, 6.07) is 14.6. The molecular formula is C21H26N2O. The molecule has 0 spiro atoms. The first kappa shape index (κ1) is 16.7. The Morgan fingerprint density at radius 2 is 1.79 bits per heavy atom. The second-order valence-electron chi connectivity index (χ2n) is 6.88. The largest absolute Gasteiger partial charge is 0.324 e. The summed E-state index contributed by atoms with van der Waals surface area (Å²) in [5, 5.41) is 3.18. The molecule has 0 aromatic heterocycles. The molecular weight excluding hydrogens is 296 g/mol. The van der Waals surface area contributed by atoms with Gasteiger partial charge in [-0.1, -0.05) is 48.0 Å². The van der Waals surface area contributed by atoms with Crippen molar-refractivity contribution in [2.75, 3.05) is 11.9 Å². The van der Waals surface area contributed by atoms with Gasteiger partial charge >= 0.3 is 0 Å². The van der Waals surface area contributed by atoms with E-state index in [-0.39, 0.29) is 11.9 Å². The Kier molecular flexibility index (Phi) is 5.00. The number of anilines is 1. The predicted octanol–water partition coefficient (Wildman–Crippen LogP) is 4.21. The molecule has 0 unspecified atom stereocenters. The van der Waals surface area contributed by atoms with Crippen molar-refractivity contribution in [3.05, 3.63) is 64.7 Å². The van der Waals surface area contributed by atoms with Gasteiger partial charge in [-0.2, -0.15) is 0 Å². The monoisotopic (exact) mass is 322 g/mol. The summed E-state index contributed by atoms with van der Waals surface area (Å²) in [6.07, 6.45) is 2.01. The molecule has 0 radical (unpaired) electrons. The van der Waals surface area contributed by atoms with E-state index in [1.54, 1.807) is 0 Å². The van der Waals surface area contributed by atoms with Crippen LogP contribution in [-0.4, -0.2) is 23.4 Å². The van der Waals surface area contributed by atoms with Crippen molar-refractivity contribution in [2.24, 2.45) is 0 Å². The summed E-state index contributed by atoms with van der Waals surface area (Å²) in [5.74, 6) is 0.124. The number of carbonyl (C=O) groups is 1. The van der Waals surface area contributed by atoms with Crippen LogP contribution in [0, 0.1) is 20.8 Å². The van der Waals surface area contributed by atoms with Gasteiger partial charge in [-0.15, -0.1) is 0 Å². The SMILES string of the molecule is Cc1cc(C)c(NC(=O)[C@H]2CCCN2Cc2ccccc2)c(C)c1. The van der Waals surface area contributed by atoms with Crippen molar-refractivity contribution in [1.29, 1.82) is 0 Å². The summed E-state index contributed by atoms with van der Waals surface area (Å²) < 4.78 is 0. The molecule has 2 aromatic rings. The normalized spacial score (nSPS) is 17.9. The van der Waals surface area contributed by atoms with E-state index in [2.05, 4.69) is 67.4 Å². The molecule has 24 heavy (non-hydrogen) atoms. The zero-order chi connectivity index (χ0) is 17.1. The van der Waals surface area contributed by atoms with Crippen molar-refractivity contribution < 1.29 is 4.79 Å². The van der Waals surface area contributed by atoms with Gasteiger partial charge in [-0.3, -0.25) is 9.69 Å². The highest BCUT2D eigenvalue weighted by Gasteiger charge is 2.31. The average Bonchev–Trinajstić information content (AvgIpc) is 3.00. The van der Waals surface area contributed by atoms with Gasteiger partial charge in [0.05, 0.1) is 6.04 Å². The summed E-state index contributed by atoms with van der Waals surface area (Å²) in [5.41, 5.74) is 5.73. The molecule has 1 aliphatic heterocycles. The zero-order valence-corrected chi connectivity index (χ0v) is 14.8. The van der Waals surface area contributed by atoms with E-state index in [4.69, 9.17) is 0 Å². The third-order valence-corrected chi connectivity index (χ3v) is 4.82. The van der Waals surface area contributed by atoms with Crippen LogP contribution < -0.4 is 5.32 Å². The molecule has 3 rings (SSSR count). The number of amides is 1. The first-order valence-electron chi connectivity index (χ1n) is 8.71. The van der Waals surface area contributed by atoms with Crippen molar-refractivity contribution in [3.63, 3.8) is 0 Å². The number of hydrogen-bond acceptors (Lipinski definition) is 2. The van der Waals surface area contributed by atoms with E-state index < -0.39 is 0 Å². The fourth-order valence-corrected chi connectivity index (χ4v) is 3.71. The van der Waals surface area contributed by atoms with E-state index >= 15 is 0 Å². The van der Waals surface area contributed by atoms with Gasteiger partial charge in [-0.25, -0.2) is 0 Å². The van der Waals surface area contributed by atoms with E-state index in [1.165, 1.54) is 11.1 Å². The average molecular weight is 322 g/mol. The predicted molar refractivity (Wildman–Crippen MR) is 99.2 cm³/mol. The molecule has 1 aliphatic rings. The van der Waals surface area contributed by atoms with Crippen LogP contribution in [0.2, 0.25) is 0 Å². The number of rotatable bonds is 4. The molecule has 1 N–H and O–H groups in total. The summed E-state index contributed by atoms with van der Waals surface area (Å²) in [7, 11) is 0. The lowest BCUT2D eigenvalue weighted by Crippen LogP contribution is -2.39. The molecule has 0 saturated carbocycles. The molecule has 126 valence electrons. The van der Waals surface area contributed by atoms with Crippen LogP contribution in [0.1, 0.15) is 35.1 Å². The van der Waals surface area contributed by atoms with Crippen LogP contribution in [0.3, 0.4) is 0 Å².